The molecule has 0 aromatic heterocycles. The standard InChI is InChI=1S/C16H23NO/c1-12(2)9-14-11-15(17(3)16(14)18)10-13-7-5-4-6-8-13/h4-8,12,14-15H,9-11H2,1-3H3/t14?,15-/m0/s1. The first kappa shape index (κ1) is 13.1. The van der Waals surface area contributed by atoms with E-state index in [4.69, 9.17) is 0 Å². The molecule has 1 aliphatic heterocycles. The maximum absolute atomic E-state index is 12.2. The first-order chi connectivity index (χ1) is 8.58. The summed E-state index contributed by atoms with van der Waals surface area (Å²) in [4.78, 5) is 14.1. The second kappa shape index (κ2) is 5.55. The van der Waals surface area contributed by atoms with Crippen LogP contribution in [0.25, 0.3) is 0 Å². The van der Waals surface area contributed by atoms with Crippen LogP contribution in [0.3, 0.4) is 0 Å². The Bertz CT molecular complexity index is 399. The van der Waals surface area contributed by atoms with Gasteiger partial charge >= 0.3 is 0 Å². The van der Waals surface area contributed by atoms with Gasteiger partial charge in [-0.2, -0.15) is 0 Å². The summed E-state index contributed by atoms with van der Waals surface area (Å²) in [6.45, 7) is 4.38. The first-order valence-electron chi connectivity index (χ1n) is 6.88. The van der Waals surface area contributed by atoms with Crippen molar-refractivity contribution in [3.05, 3.63) is 35.9 Å². The van der Waals surface area contributed by atoms with Crippen molar-refractivity contribution in [2.45, 2.75) is 39.2 Å². The fraction of sp³-hybridized carbons (Fsp3) is 0.562. The molecule has 2 heteroatoms. The molecule has 0 spiro atoms. The minimum absolute atomic E-state index is 0.240. The Labute approximate surface area is 110 Å². The molecule has 1 unspecified atom stereocenters. The molecule has 0 saturated carbocycles. The quantitative estimate of drug-likeness (QED) is 0.798. The van der Waals surface area contributed by atoms with Gasteiger partial charge in [0.2, 0.25) is 5.91 Å². The Balaban J connectivity index is 2.00. The van der Waals surface area contributed by atoms with Crippen LogP contribution in [0.1, 0.15) is 32.3 Å². The van der Waals surface area contributed by atoms with Crippen LogP contribution in [0.4, 0.5) is 0 Å². The molecular formula is C16H23NO. The Kier molecular flexibility index (Phi) is 4.05. The average molecular weight is 245 g/mol. The normalized spacial score (nSPS) is 24.0. The summed E-state index contributed by atoms with van der Waals surface area (Å²) in [5.74, 6) is 1.18. The fourth-order valence-corrected chi connectivity index (χ4v) is 2.93. The summed E-state index contributed by atoms with van der Waals surface area (Å²) in [5, 5.41) is 0. The molecule has 2 atom stereocenters. The molecule has 18 heavy (non-hydrogen) atoms. The first-order valence-corrected chi connectivity index (χ1v) is 6.88. The van der Waals surface area contributed by atoms with Gasteiger partial charge in [-0.1, -0.05) is 44.2 Å². The fourth-order valence-electron chi connectivity index (χ4n) is 2.93. The molecule has 1 amide bonds. The van der Waals surface area contributed by atoms with Gasteiger partial charge in [0.25, 0.3) is 0 Å². The van der Waals surface area contributed by atoms with Crippen molar-refractivity contribution in [3.63, 3.8) is 0 Å². The van der Waals surface area contributed by atoms with Crippen LogP contribution in [-0.2, 0) is 11.2 Å². The third-order valence-corrected chi connectivity index (χ3v) is 3.87. The minimum atomic E-state index is 0.240. The Morgan fingerprint density at radius 1 is 1.28 bits per heavy atom. The SMILES string of the molecule is CC(C)CC1C[C@H](Cc2ccccc2)N(C)C1=O. The number of hydrogen-bond acceptors (Lipinski definition) is 1. The van der Waals surface area contributed by atoms with Gasteiger partial charge in [-0.25, -0.2) is 0 Å². The molecule has 0 aliphatic carbocycles. The lowest BCUT2D eigenvalue weighted by atomic mass is 9.93. The van der Waals surface area contributed by atoms with Crippen LogP contribution in [0.2, 0.25) is 0 Å². The highest BCUT2D eigenvalue weighted by Crippen LogP contribution is 2.30. The molecule has 0 radical (unpaired) electrons. The second-order valence-electron chi connectivity index (χ2n) is 5.85. The van der Waals surface area contributed by atoms with Crippen molar-refractivity contribution >= 4 is 5.91 Å². The van der Waals surface area contributed by atoms with E-state index in [0.717, 1.165) is 19.3 Å². The van der Waals surface area contributed by atoms with Gasteiger partial charge in [0, 0.05) is 19.0 Å². The zero-order valence-electron chi connectivity index (χ0n) is 11.6. The Morgan fingerprint density at radius 2 is 1.94 bits per heavy atom. The minimum Gasteiger partial charge on any atom is -0.342 e. The van der Waals surface area contributed by atoms with Crippen LogP contribution >= 0.6 is 0 Å². The third-order valence-electron chi connectivity index (χ3n) is 3.87. The number of amides is 1. The topological polar surface area (TPSA) is 20.3 Å². The average Bonchev–Trinajstić information content (AvgIpc) is 2.58. The summed E-state index contributed by atoms with van der Waals surface area (Å²) in [7, 11) is 1.95. The van der Waals surface area contributed by atoms with E-state index >= 15 is 0 Å². The number of nitrogens with zero attached hydrogens (tertiary/aromatic N) is 1. The summed E-state index contributed by atoms with van der Waals surface area (Å²) < 4.78 is 0. The molecule has 98 valence electrons. The lowest BCUT2D eigenvalue weighted by Crippen LogP contribution is -2.31. The van der Waals surface area contributed by atoms with E-state index < -0.39 is 0 Å². The lowest BCUT2D eigenvalue weighted by molar-refractivity contribution is -0.131. The molecule has 0 bridgehead atoms. The number of benzene rings is 1. The summed E-state index contributed by atoms with van der Waals surface area (Å²) >= 11 is 0. The van der Waals surface area contributed by atoms with E-state index in [1.165, 1.54) is 5.56 Å². The second-order valence-corrected chi connectivity index (χ2v) is 5.85. The third kappa shape index (κ3) is 2.92. The maximum atomic E-state index is 12.2. The van der Waals surface area contributed by atoms with Crippen LogP contribution in [0.15, 0.2) is 30.3 Å². The van der Waals surface area contributed by atoms with Gasteiger partial charge in [0.05, 0.1) is 0 Å². The maximum Gasteiger partial charge on any atom is 0.225 e. The molecule has 1 fully saturated rings. The summed E-state index contributed by atoms with van der Waals surface area (Å²) in [6, 6.07) is 10.8. The van der Waals surface area contributed by atoms with Crippen molar-refractivity contribution in [2.24, 2.45) is 11.8 Å². The highest BCUT2D eigenvalue weighted by atomic mass is 16.2. The number of likely N-dealkylation sites (tertiary alicyclic amines) is 1. The van der Waals surface area contributed by atoms with Crippen molar-refractivity contribution in [1.29, 1.82) is 0 Å². The summed E-state index contributed by atoms with van der Waals surface area (Å²) in [5.41, 5.74) is 1.33. The molecule has 2 nitrogen and oxygen atoms in total. The molecule has 1 aromatic rings. The highest BCUT2D eigenvalue weighted by Gasteiger charge is 2.36. The van der Waals surface area contributed by atoms with Gasteiger partial charge in [0.15, 0.2) is 0 Å². The summed E-state index contributed by atoms with van der Waals surface area (Å²) in [6.07, 6.45) is 3.02. The van der Waals surface area contributed by atoms with Crippen molar-refractivity contribution in [3.8, 4) is 0 Å². The van der Waals surface area contributed by atoms with Gasteiger partial charge in [0.1, 0.15) is 0 Å². The van der Waals surface area contributed by atoms with Crippen molar-refractivity contribution in [2.75, 3.05) is 7.05 Å². The van der Waals surface area contributed by atoms with E-state index in [1.807, 2.05) is 18.0 Å². The molecular weight excluding hydrogens is 222 g/mol. The number of carbonyl (C=O) groups is 1. The molecule has 2 rings (SSSR count). The number of rotatable bonds is 4. The number of carbonyl (C=O) groups excluding carboxylic acids is 1. The van der Waals surface area contributed by atoms with Crippen LogP contribution < -0.4 is 0 Å². The van der Waals surface area contributed by atoms with Crippen molar-refractivity contribution < 1.29 is 4.79 Å². The van der Waals surface area contributed by atoms with E-state index in [9.17, 15) is 4.79 Å². The molecule has 1 heterocycles. The van der Waals surface area contributed by atoms with E-state index in [0.29, 0.717) is 17.9 Å². The van der Waals surface area contributed by atoms with E-state index in [-0.39, 0.29) is 5.92 Å². The predicted molar refractivity (Wildman–Crippen MR) is 74.3 cm³/mol. The molecule has 0 N–H and O–H groups in total. The van der Waals surface area contributed by atoms with Crippen LogP contribution in [0, 0.1) is 11.8 Å². The van der Waals surface area contributed by atoms with E-state index in [1.54, 1.807) is 0 Å². The molecule has 1 aromatic carbocycles. The number of likely N-dealkylation sites (N-methyl/N-ethyl adjacent to an activating group) is 1. The van der Waals surface area contributed by atoms with Gasteiger partial charge in [-0.15, -0.1) is 0 Å². The van der Waals surface area contributed by atoms with Crippen molar-refractivity contribution in [1.82, 2.24) is 4.90 Å². The Morgan fingerprint density at radius 3 is 2.56 bits per heavy atom. The van der Waals surface area contributed by atoms with Gasteiger partial charge in [-0.3, -0.25) is 4.79 Å². The lowest BCUT2D eigenvalue weighted by Gasteiger charge is -2.19. The predicted octanol–water partition coefficient (Wildman–Crippen LogP) is 3.12. The van der Waals surface area contributed by atoms with Crippen LogP contribution in [0.5, 0.6) is 0 Å². The van der Waals surface area contributed by atoms with Crippen LogP contribution in [-0.4, -0.2) is 23.9 Å². The monoisotopic (exact) mass is 245 g/mol. The smallest absolute Gasteiger partial charge is 0.225 e. The largest absolute Gasteiger partial charge is 0.342 e. The number of hydrogen-bond donors (Lipinski definition) is 0. The zero-order valence-corrected chi connectivity index (χ0v) is 11.6. The molecule has 1 saturated heterocycles. The zero-order chi connectivity index (χ0) is 13.1. The van der Waals surface area contributed by atoms with Gasteiger partial charge in [-0.05, 0) is 30.7 Å². The molecule has 1 aliphatic rings. The Hall–Kier alpha value is -1.31. The van der Waals surface area contributed by atoms with Gasteiger partial charge < -0.3 is 4.90 Å². The highest BCUT2D eigenvalue weighted by molar-refractivity contribution is 5.81. The van der Waals surface area contributed by atoms with E-state index in [2.05, 4.69) is 38.1 Å².